The van der Waals surface area contributed by atoms with E-state index in [-0.39, 0.29) is 12.0 Å². The standard InChI is InChI=1S/C29H43N3O2/c1-21(2)29(33-20-26-12-8-7-9-13-26)23(4)19-34-31-24(5)15-17-32-16-11-10-14-27-28(32)18-22(3)25(6)30-27/h7-9,12-13,18,21,23,29H,10-11,14-17,19-20H2,1-6H3/t23-,29-/m1/s1. The van der Waals surface area contributed by atoms with Crippen LogP contribution >= 0.6 is 0 Å². The molecule has 34 heavy (non-hydrogen) atoms. The van der Waals surface area contributed by atoms with E-state index in [0.717, 1.165) is 37.3 Å². The van der Waals surface area contributed by atoms with Crippen molar-refractivity contribution in [2.24, 2.45) is 17.0 Å². The zero-order valence-corrected chi connectivity index (χ0v) is 22.0. The number of ether oxygens (including phenoxy) is 1. The van der Waals surface area contributed by atoms with Crippen molar-refractivity contribution in [3.05, 3.63) is 58.9 Å². The SMILES string of the molecule is CC(CCN1CCCCc2nc(C)c(C)cc21)=NOC[C@@H](C)[C@H](OCc1ccccc1)C(C)C. The molecule has 0 saturated carbocycles. The van der Waals surface area contributed by atoms with Gasteiger partial charge in [0.25, 0.3) is 0 Å². The number of aromatic nitrogens is 1. The zero-order valence-electron chi connectivity index (χ0n) is 22.0. The third-order valence-corrected chi connectivity index (χ3v) is 6.76. The first-order valence-corrected chi connectivity index (χ1v) is 12.9. The van der Waals surface area contributed by atoms with Crippen LogP contribution in [0.25, 0.3) is 0 Å². The normalized spacial score (nSPS) is 16.2. The van der Waals surface area contributed by atoms with Crippen LogP contribution in [0.15, 0.2) is 41.6 Å². The van der Waals surface area contributed by atoms with E-state index in [1.54, 1.807) is 0 Å². The van der Waals surface area contributed by atoms with Crippen LogP contribution in [0.2, 0.25) is 0 Å². The van der Waals surface area contributed by atoms with Crippen molar-refractivity contribution in [3.63, 3.8) is 0 Å². The Balaban J connectivity index is 1.49. The average Bonchev–Trinajstić information content (AvgIpc) is 3.00. The number of anilines is 1. The van der Waals surface area contributed by atoms with Crippen molar-refractivity contribution in [1.82, 2.24) is 4.98 Å². The van der Waals surface area contributed by atoms with Gasteiger partial charge in [-0.1, -0.05) is 56.3 Å². The monoisotopic (exact) mass is 465 g/mol. The van der Waals surface area contributed by atoms with Crippen LogP contribution in [0, 0.1) is 25.7 Å². The molecule has 3 rings (SSSR count). The number of fused-ring (bicyclic) bond motifs is 1. The third-order valence-electron chi connectivity index (χ3n) is 6.76. The summed E-state index contributed by atoms with van der Waals surface area (Å²) in [5.74, 6) is 0.672. The van der Waals surface area contributed by atoms with Gasteiger partial charge < -0.3 is 14.5 Å². The molecule has 0 spiro atoms. The minimum atomic E-state index is 0.128. The number of pyridine rings is 1. The van der Waals surface area contributed by atoms with Crippen LogP contribution in [-0.4, -0.2) is 36.5 Å². The van der Waals surface area contributed by atoms with Gasteiger partial charge in [0.2, 0.25) is 0 Å². The van der Waals surface area contributed by atoms with Crippen LogP contribution in [0.3, 0.4) is 0 Å². The van der Waals surface area contributed by atoms with Crippen molar-refractivity contribution in [2.45, 2.75) is 79.9 Å². The summed E-state index contributed by atoms with van der Waals surface area (Å²) in [5, 5.41) is 4.44. The predicted octanol–water partition coefficient (Wildman–Crippen LogP) is 6.50. The van der Waals surface area contributed by atoms with Crippen LogP contribution in [0.5, 0.6) is 0 Å². The molecule has 0 radical (unpaired) electrons. The van der Waals surface area contributed by atoms with Crippen LogP contribution in [0.4, 0.5) is 5.69 Å². The van der Waals surface area contributed by atoms with E-state index in [1.165, 1.54) is 35.3 Å². The number of aryl methyl sites for hydroxylation is 3. The highest BCUT2D eigenvalue weighted by Gasteiger charge is 2.23. The summed E-state index contributed by atoms with van der Waals surface area (Å²) in [6.07, 6.45) is 4.50. The second-order valence-corrected chi connectivity index (χ2v) is 10.2. The fourth-order valence-corrected chi connectivity index (χ4v) is 4.63. The van der Waals surface area contributed by atoms with E-state index in [1.807, 2.05) is 6.07 Å². The number of oxime groups is 1. The van der Waals surface area contributed by atoms with Crippen molar-refractivity contribution in [2.75, 3.05) is 24.6 Å². The van der Waals surface area contributed by atoms with Crippen LogP contribution in [-0.2, 0) is 22.6 Å². The Kier molecular flexibility index (Phi) is 9.94. The maximum absolute atomic E-state index is 6.26. The van der Waals surface area contributed by atoms with Gasteiger partial charge in [0.05, 0.1) is 29.8 Å². The summed E-state index contributed by atoms with van der Waals surface area (Å²) in [4.78, 5) is 13.1. The molecule has 0 aliphatic carbocycles. The molecule has 2 aromatic rings. The summed E-state index contributed by atoms with van der Waals surface area (Å²) in [6.45, 7) is 16.1. The molecule has 0 unspecified atom stereocenters. The second-order valence-electron chi connectivity index (χ2n) is 10.2. The fraction of sp³-hybridized carbons (Fsp3) is 0.586. The minimum absolute atomic E-state index is 0.128. The Labute approximate surface area is 206 Å². The lowest BCUT2D eigenvalue weighted by Gasteiger charge is -2.27. The molecule has 186 valence electrons. The van der Waals surface area contributed by atoms with E-state index in [0.29, 0.717) is 19.1 Å². The van der Waals surface area contributed by atoms with Crippen LogP contribution in [0.1, 0.15) is 69.5 Å². The van der Waals surface area contributed by atoms with Crippen molar-refractivity contribution < 1.29 is 9.57 Å². The van der Waals surface area contributed by atoms with E-state index in [9.17, 15) is 0 Å². The Morgan fingerprint density at radius 1 is 1.12 bits per heavy atom. The fourth-order valence-electron chi connectivity index (χ4n) is 4.63. The molecule has 5 heteroatoms. The molecule has 1 aromatic carbocycles. The first-order valence-electron chi connectivity index (χ1n) is 12.9. The van der Waals surface area contributed by atoms with E-state index in [4.69, 9.17) is 14.6 Å². The van der Waals surface area contributed by atoms with Gasteiger partial charge >= 0.3 is 0 Å². The van der Waals surface area contributed by atoms with Gasteiger partial charge in [-0.2, -0.15) is 0 Å². The zero-order chi connectivity index (χ0) is 24.5. The molecule has 0 saturated heterocycles. The maximum Gasteiger partial charge on any atom is 0.122 e. The first kappa shape index (κ1) is 26.2. The van der Waals surface area contributed by atoms with Gasteiger partial charge in [-0.15, -0.1) is 0 Å². The summed E-state index contributed by atoms with van der Waals surface area (Å²) < 4.78 is 6.26. The number of benzene rings is 1. The highest BCUT2D eigenvalue weighted by Crippen LogP contribution is 2.27. The van der Waals surface area contributed by atoms with Gasteiger partial charge in [0.15, 0.2) is 0 Å². The van der Waals surface area contributed by atoms with E-state index < -0.39 is 0 Å². The largest absolute Gasteiger partial charge is 0.395 e. The highest BCUT2D eigenvalue weighted by molar-refractivity contribution is 5.81. The molecule has 0 fully saturated rings. The Morgan fingerprint density at radius 3 is 2.62 bits per heavy atom. The van der Waals surface area contributed by atoms with E-state index >= 15 is 0 Å². The topological polar surface area (TPSA) is 47.0 Å². The molecular formula is C29H43N3O2. The quantitative estimate of drug-likeness (QED) is 0.281. The summed E-state index contributed by atoms with van der Waals surface area (Å²) in [7, 11) is 0. The van der Waals surface area contributed by atoms with Crippen molar-refractivity contribution >= 4 is 11.4 Å². The molecule has 0 bridgehead atoms. The van der Waals surface area contributed by atoms with Gasteiger partial charge in [0, 0.05) is 31.1 Å². The minimum Gasteiger partial charge on any atom is -0.395 e. The molecule has 2 atom stereocenters. The molecule has 1 aromatic heterocycles. The number of rotatable bonds is 11. The molecule has 0 N–H and O–H groups in total. The van der Waals surface area contributed by atoms with Gasteiger partial charge in [0.1, 0.15) is 6.61 Å². The maximum atomic E-state index is 6.26. The van der Waals surface area contributed by atoms with Gasteiger partial charge in [-0.3, -0.25) is 4.98 Å². The van der Waals surface area contributed by atoms with Crippen molar-refractivity contribution in [3.8, 4) is 0 Å². The predicted molar refractivity (Wildman–Crippen MR) is 142 cm³/mol. The Hall–Kier alpha value is -2.40. The molecule has 5 nitrogen and oxygen atoms in total. The third kappa shape index (κ3) is 7.56. The lowest BCUT2D eigenvalue weighted by atomic mass is 9.95. The Morgan fingerprint density at radius 2 is 1.88 bits per heavy atom. The van der Waals surface area contributed by atoms with Crippen molar-refractivity contribution in [1.29, 1.82) is 0 Å². The first-order chi connectivity index (χ1) is 16.3. The summed E-state index contributed by atoms with van der Waals surface area (Å²) in [6, 6.07) is 12.7. The second kappa shape index (κ2) is 12.9. The molecule has 0 amide bonds. The van der Waals surface area contributed by atoms with Gasteiger partial charge in [-0.25, -0.2) is 0 Å². The van der Waals surface area contributed by atoms with E-state index in [2.05, 4.69) is 81.9 Å². The van der Waals surface area contributed by atoms with Crippen LogP contribution < -0.4 is 4.90 Å². The average molecular weight is 466 g/mol. The summed E-state index contributed by atoms with van der Waals surface area (Å²) >= 11 is 0. The number of hydrogen-bond donors (Lipinski definition) is 0. The molecule has 2 heterocycles. The molecule has 1 aliphatic rings. The lowest BCUT2D eigenvalue weighted by molar-refractivity contribution is -0.0482. The smallest absolute Gasteiger partial charge is 0.122 e. The molecular weight excluding hydrogens is 422 g/mol. The lowest BCUT2D eigenvalue weighted by Crippen LogP contribution is -2.30. The van der Waals surface area contributed by atoms with Gasteiger partial charge in [-0.05, 0) is 63.1 Å². The summed E-state index contributed by atoms with van der Waals surface area (Å²) in [5.41, 5.74) is 7.19. The number of hydrogen-bond acceptors (Lipinski definition) is 5. The molecule has 1 aliphatic heterocycles. The Bertz CT molecular complexity index is 926. The number of nitrogens with zero attached hydrogens (tertiary/aromatic N) is 3. The highest BCUT2D eigenvalue weighted by atomic mass is 16.6.